The molecule has 12 N–H and O–H groups in total. The number of aryl methyl sites for hydroxylation is 1. The lowest BCUT2D eigenvalue weighted by Gasteiger charge is -2.36. The normalized spacial score (nSPS) is 21.3. The zero-order valence-electron chi connectivity index (χ0n) is 50.5. The summed E-state index contributed by atoms with van der Waals surface area (Å²) < 4.78 is 6.60. The van der Waals surface area contributed by atoms with Gasteiger partial charge in [-0.1, -0.05) is 26.3 Å². The predicted molar refractivity (Wildman–Crippen MR) is 312 cm³/mol. The predicted octanol–water partition coefficient (Wildman–Crippen LogP) is -5.27. The Balaban J connectivity index is 0.938. The van der Waals surface area contributed by atoms with E-state index >= 15 is 0 Å². The van der Waals surface area contributed by atoms with Gasteiger partial charge in [-0.3, -0.25) is 86.7 Å². The second kappa shape index (κ2) is 34.0. The van der Waals surface area contributed by atoms with Gasteiger partial charge >= 0.3 is 29.8 Å². The first-order chi connectivity index (χ1) is 42.8. The third kappa shape index (κ3) is 21.7. The first kappa shape index (κ1) is 70.7. The average Bonchev–Trinajstić information content (AvgIpc) is 1.89. The van der Waals surface area contributed by atoms with E-state index in [1.54, 1.807) is 38.8 Å². The number of piperazine rings is 1. The van der Waals surface area contributed by atoms with Crippen molar-refractivity contribution in [3.8, 4) is 0 Å². The highest BCUT2D eigenvalue weighted by molar-refractivity contribution is 6.25. The molecule has 8 atom stereocenters. The number of aliphatic hydroxyl groups excluding tert-OH is 1. The summed E-state index contributed by atoms with van der Waals surface area (Å²) in [5.41, 5.74) is 1.56. The number of carboxylic acids is 4. The van der Waals surface area contributed by atoms with E-state index in [0.29, 0.717) is 57.9 Å². The lowest BCUT2D eigenvalue weighted by atomic mass is 9.85. The van der Waals surface area contributed by atoms with Crippen molar-refractivity contribution in [2.45, 2.75) is 121 Å². The number of cyclic esters (lactones) is 1. The van der Waals surface area contributed by atoms with E-state index in [-0.39, 0.29) is 109 Å². The molecule has 0 aromatic carbocycles. The van der Waals surface area contributed by atoms with Gasteiger partial charge in [-0.05, 0) is 43.2 Å². The maximum absolute atomic E-state index is 14.2. The fourth-order valence-electron chi connectivity index (χ4n) is 11.1. The first-order valence-corrected chi connectivity index (χ1v) is 30.2. The number of amides is 8. The van der Waals surface area contributed by atoms with Gasteiger partial charge in [0.05, 0.1) is 50.3 Å². The molecule has 496 valence electrons. The Morgan fingerprint density at radius 3 is 1.72 bits per heavy atom. The number of esters is 1. The van der Waals surface area contributed by atoms with Crippen LogP contribution in [0.4, 0.5) is 0 Å². The minimum atomic E-state index is -1.51. The van der Waals surface area contributed by atoms with Crippen molar-refractivity contribution in [3.05, 3.63) is 29.6 Å². The SMILES string of the molecule is CCC(C)C(NC(=O)CCNC(=O)CCNC(=O)C(CCC(=O)O)NC(=O)C(CCC(=O)O)NC(=O)CN1CCN(C(=O)CN2CCN(CC(=O)O)CCN(CC(=O)O)CC2)CC1)C(=O)N[C@H]1CCn2ccc3c2C(=C[C@@H](C(=O)NC2CC(=O)OC2O)C3)C1=O. The van der Waals surface area contributed by atoms with Gasteiger partial charge in [0, 0.05) is 123 Å². The van der Waals surface area contributed by atoms with Crippen molar-refractivity contribution < 1.29 is 97.4 Å². The number of aliphatic hydroxyl groups is 1. The van der Waals surface area contributed by atoms with Gasteiger partial charge in [-0.15, -0.1) is 0 Å². The van der Waals surface area contributed by atoms with Gasteiger partial charge in [-0.25, -0.2) is 0 Å². The number of aromatic nitrogens is 1. The summed E-state index contributed by atoms with van der Waals surface area (Å²) in [4.78, 5) is 188. The molecule has 1 aliphatic carbocycles. The number of Topliss-reactive ketones (excluding diaryl/α,β-unsaturated/α-hetero) is 1. The lowest BCUT2D eigenvalue weighted by molar-refractivity contribution is -0.155. The molecule has 90 heavy (non-hydrogen) atoms. The van der Waals surface area contributed by atoms with Crippen LogP contribution in [-0.4, -0.2) is 279 Å². The van der Waals surface area contributed by atoms with Crippen LogP contribution in [0.3, 0.4) is 0 Å². The van der Waals surface area contributed by atoms with Gasteiger partial charge in [0.25, 0.3) is 0 Å². The molecule has 5 heterocycles. The van der Waals surface area contributed by atoms with Crippen molar-refractivity contribution in [1.82, 2.24) is 66.3 Å². The average molecular weight is 1270 g/mol. The number of rotatable bonds is 31. The molecule has 0 spiro atoms. The fraction of sp³-hybridized carbons (Fsp3) is 0.649. The Labute approximate surface area is 517 Å². The second-order valence-corrected chi connectivity index (χ2v) is 23.1. The number of hydrogen-bond acceptors (Lipinski definition) is 20. The molecular weight excluding hydrogens is 1190 g/mol. The summed E-state index contributed by atoms with van der Waals surface area (Å²) in [6, 6.07) is -4.30. The van der Waals surface area contributed by atoms with Crippen molar-refractivity contribution in [1.29, 1.82) is 0 Å². The Hall–Kier alpha value is -8.40. The second-order valence-electron chi connectivity index (χ2n) is 23.1. The number of carbonyl (C=O) groups excluding carboxylic acids is 10. The molecule has 0 saturated carbocycles. The Morgan fingerprint density at radius 1 is 0.600 bits per heavy atom. The van der Waals surface area contributed by atoms with Crippen LogP contribution in [0.5, 0.6) is 0 Å². The quantitative estimate of drug-likeness (QED) is 0.0309. The Morgan fingerprint density at radius 2 is 1.16 bits per heavy atom. The summed E-state index contributed by atoms with van der Waals surface area (Å²) >= 11 is 0. The molecule has 6 rings (SSSR count). The maximum Gasteiger partial charge on any atom is 0.317 e. The van der Waals surface area contributed by atoms with E-state index in [1.165, 1.54) is 6.08 Å². The molecule has 3 saturated heterocycles. The topological polar surface area (TPSA) is 455 Å². The van der Waals surface area contributed by atoms with Crippen LogP contribution in [0, 0.1) is 11.8 Å². The van der Waals surface area contributed by atoms with Gasteiger partial charge in [-0.2, -0.15) is 0 Å². The van der Waals surface area contributed by atoms with Gasteiger partial charge in [0.1, 0.15) is 24.2 Å². The van der Waals surface area contributed by atoms with Crippen molar-refractivity contribution in [3.63, 3.8) is 0 Å². The number of ketones is 1. The van der Waals surface area contributed by atoms with Crippen LogP contribution in [0.1, 0.15) is 82.9 Å². The van der Waals surface area contributed by atoms with Gasteiger partial charge < -0.3 is 77.0 Å². The summed E-state index contributed by atoms with van der Waals surface area (Å²) in [5.74, 6) is -12.3. The van der Waals surface area contributed by atoms with Crippen LogP contribution in [-0.2, 0) is 84.8 Å². The summed E-state index contributed by atoms with van der Waals surface area (Å²) in [5, 5.41) is 65.7. The largest absolute Gasteiger partial charge is 0.481 e. The summed E-state index contributed by atoms with van der Waals surface area (Å²) in [6.07, 6.45) is -0.189. The van der Waals surface area contributed by atoms with Crippen LogP contribution in [0.2, 0.25) is 0 Å². The highest BCUT2D eigenvalue weighted by Gasteiger charge is 2.41. The van der Waals surface area contributed by atoms with Gasteiger partial charge in [0.15, 0.2) is 5.78 Å². The molecule has 6 unspecified atom stereocenters. The number of ether oxygens (including phenoxy) is 1. The molecule has 0 bridgehead atoms. The Bertz CT molecular complexity index is 2850. The van der Waals surface area contributed by atoms with Crippen molar-refractivity contribution >= 4 is 88.5 Å². The smallest absolute Gasteiger partial charge is 0.317 e. The van der Waals surface area contributed by atoms with Crippen molar-refractivity contribution in [2.75, 3.05) is 105 Å². The molecule has 0 radical (unpaired) electrons. The monoisotopic (exact) mass is 1270 g/mol. The molecule has 33 nitrogen and oxygen atoms in total. The minimum absolute atomic E-state index is 0.0162. The number of carboxylic acid groups (broad SMARTS) is 4. The van der Waals surface area contributed by atoms with Crippen LogP contribution >= 0.6 is 0 Å². The molecular formula is C57H83N13O20. The van der Waals surface area contributed by atoms with Crippen LogP contribution in [0.25, 0.3) is 5.57 Å². The van der Waals surface area contributed by atoms with Crippen LogP contribution in [0.15, 0.2) is 18.3 Å². The van der Waals surface area contributed by atoms with E-state index < -0.39 is 151 Å². The maximum atomic E-state index is 14.2. The van der Waals surface area contributed by atoms with E-state index in [9.17, 15) is 92.7 Å². The minimum Gasteiger partial charge on any atom is -0.481 e. The molecule has 4 aliphatic heterocycles. The Kier molecular flexibility index (Phi) is 26.7. The fourth-order valence-corrected chi connectivity index (χ4v) is 11.1. The van der Waals surface area contributed by atoms with E-state index in [4.69, 9.17) is 4.74 Å². The third-order valence-corrected chi connectivity index (χ3v) is 16.4. The van der Waals surface area contributed by atoms with Crippen molar-refractivity contribution in [2.24, 2.45) is 11.8 Å². The highest BCUT2D eigenvalue weighted by Crippen LogP contribution is 2.35. The molecule has 33 heteroatoms. The lowest BCUT2D eigenvalue weighted by Crippen LogP contribution is -2.56. The number of carbonyl (C=O) groups is 14. The molecule has 1 aromatic heterocycles. The zero-order chi connectivity index (χ0) is 65.8. The molecule has 3 fully saturated rings. The number of nitrogens with one attached hydrogen (secondary N) is 7. The standard InChI is InChI=1S/C57H83N13O20/c1-3-33(2)50(56(88)61-37-11-15-70-14-10-34-26-35(27-36(51(34)70)52(37)84)53(85)63-40-28-49(83)90-57(40)89)64-42(72)9-12-58-41(71)8-13-59-54(86)38(4-6-45(75)76)62-55(87)39(5-7-46(77)78)60-43(73)29-65-22-24-69(25-23-65)44(74)30-66-16-18-67(31-47(79)80)20-21-68(19-17-66)32-48(81)82/h10,14,27,33,35,37-40,50,57,89H,3-9,11-13,15-26,28-32H2,1-2H3,(H,58,71)(H,59,86)(H,60,73)(H,61,88)(H,62,87)(H,63,85)(H,64,72)(H,75,76)(H,77,78)(H,79,80)(H,81,82)/t33?,35-,37-,38?,39?,40?,50?,57?/m0/s1. The summed E-state index contributed by atoms with van der Waals surface area (Å²) in [6.45, 7) is 5.60. The van der Waals surface area contributed by atoms with Crippen LogP contribution < -0.4 is 37.2 Å². The molecule has 5 aliphatic rings. The summed E-state index contributed by atoms with van der Waals surface area (Å²) in [7, 11) is 0. The van der Waals surface area contributed by atoms with E-state index in [0.717, 1.165) is 5.56 Å². The third-order valence-electron chi connectivity index (χ3n) is 16.4. The highest BCUT2D eigenvalue weighted by atomic mass is 16.6. The molecule has 8 amide bonds. The zero-order valence-corrected chi connectivity index (χ0v) is 50.5. The van der Waals surface area contributed by atoms with Gasteiger partial charge in [0.2, 0.25) is 53.5 Å². The van der Waals surface area contributed by atoms with E-state index in [1.807, 2.05) is 16.4 Å². The molecule has 1 aromatic rings. The number of aliphatic carboxylic acids is 4. The number of nitrogens with zero attached hydrogens (tertiary/aromatic N) is 6. The number of hydrogen-bond donors (Lipinski definition) is 12. The first-order valence-electron chi connectivity index (χ1n) is 30.2. The van der Waals surface area contributed by atoms with E-state index in [2.05, 4.69) is 37.2 Å².